The number of methoxy groups -OCH3 is 1. The van der Waals surface area contributed by atoms with Gasteiger partial charge in [-0.15, -0.1) is 0 Å². The smallest absolute Gasteiger partial charge is 0.327 e. The maximum atomic E-state index is 12.3. The van der Waals surface area contributed by atoms with Crippen molar-refractivity contribution < 1.29 is 18.6 Å². The van der Waals surface area contributed by atoms with Crippen LogP contribution in [0.25, 0.3) is 0 Å². The maximum Gasteiger partial charge on any atom is 0.327 e. The number of carbonyl (C=O) groups is 1. The number of benzene rings is 1. The average molecular weight is 301 g/mol. The molecule has 1 unspecified atom stereocenters. The lowest BCUT2D eigenvalue weighted by atomic mass is 10.1. The summed E-state index contributed by atoms with van der Waals surface area (Å²) in [5.74, 6) is 0.235. The predicted octanol–water partition coefficient (Wildman–Crippen LogP) is 2.23. The molecule has 5 nitrogen and oxygen atoms in total. The lowest BCUT2D eigenvalue weighted by molar-refractivity contribution is -0.142. The minimum absolute atomic E-state index is 0.418. The third-order valence-electron chi connectivity index (χ3n) is 2.69. The van der Waals surface area contributed by atoms with E-state index in [1.807, 2.05) is 30.3 Å². The monoisotopic (exact) mass is 301 g/mol. The molecule has 1 saturated heterocycles. The Bertz CT molecular complexity index is 472. The van der Waals surface area contributed by atoms with Gasteiger partial charge in [-0.25, -0.2) is 5.09 Å². The molecule has 1 aromatic carbocycles. The summed E-state index contributed by atoms with van der Waals surface area (Å²) in [6.45, 7) is -2.53. The van der Waals surface area contributed by atoms with Gasteiger partial charge in [-0.05, 0) is 12.0 Å². The van der Waals surface area contributed by atoms with Crippen LogP contribution in [0, 0.1) is 0 Å². The predicted molar refractivity (Wildman–Crippen MR) is 75.1 cm³/mol. The third-order valence-corrected chi connectivity index (χ3v) is 6.73. The molecule has 0 amide bonds. The summed E-state index contributed by atoms with van der Waals surface area (Å²) in [4.78, 5) is 11.8. The van der Waals surface area contributed by atoms with Crippen LogP contribution in [0.1, 0.15) is 5.56 Å². The lowest BCUT2D eigenvalue weighted by Crippen LogP contribution is -2.37. The van der Waals surface area contributed by atoms with Crippen molar-refractivity contribution in [2.75, 3.05) is 19.5 Å². The molecule has 0 aliphatic carbocycles. The molecule has 1 heterocycles. The van der Waals surface area contributed by atoms with Gasteiger partial charge in [0.15, 0.2) is 0 Å². The zero-order valence-corrected chi connectivity index (χ0v) is 12.3. The van der Waals surface area contributed by atoms with E-state index in [4.69, 9.17) is 9.26 Å². The molecule has 0 saturated carbocycles. The van der Waals surface area contributed by atoms with Crippen molar-refractivity contribution >= 4 is 24.1 Å². The van der Waals surface area contributed by atoms with E-state index in [9.17, 15) is 9.36 Å². The molecule has 2 atom stereocenters. The standard InChI is InChI=1S/C12H16NO4PS/c1-16-12(14)11(9-10-5-3-2-4-6-10)13-18(15)17-7-8-19-18/h2-6,11H,7-9H2,1H3,(H,13,15)/t11-,18?/m0/s1. The second-order valence-electron chi connectivity index (χ2n) is 4.06. The maximum absolute atomic E-state index is 12.3. The number of esters is 1. The van der Waals surface area contributed by atoms with E-state index >= 15 is 0 Å². The van der Waals surface area contributed by atoms with E-state index in [0.29, 0.717) is 18.8 Å². The van der Waals surface area contributed by atoms with Crippen LogP contribution >= 0.6 is 18.1 Å². The van der Waals surface area contributed by atoms with Gasteiger partial charge in [0.05, 0.1) is 13.7 Å². The Hall–Kier alpha value is -0.810. The number of hydrogen-bond donors (Lipinski definition) is 1. The number of ether oxygens (including phenoxy) is 1. The number of nitrogens with one attached hydrogen (secondary N) is 1. The summed E-state index contributed by atoms with van der Waals surface area (Å²) >= 11 is 1.23. The lowest BCUT2D eigenvalue weighted by Gasteiger charge is -2.19. The van der Waals surface area contributed by atoms with Gasteiger partial charge in [0.2, 0.25) is 0 Å². The SMILES string of the molecule is COC(=O)[C@H](Cc1ccccc1)NP1(=O)OCCS1. The third kappa shape index (κ3) is 4.08. The van der Waals surface area contributed by atoms with Gasteiger partial charge < -0.3 is 9.26 Å². The summed E-state index contributed by atoms with van der Waals surface area (Å²) in [5, 5.41) is 2.81. The second kappa shape index (κ2) is 6.57. The molecule has 1 fully saturated rings. The Labute approximate surface area is 116 Å². The van der Waals surface area contributed by atoms with Gasteiger partial charge in [0.25, 0.3) is 0 Å². The Morgan fingerprint density at radius 2 is 2.26 bits per heavy atom. The Kier molecular flexibility index (Phi) is 5.05. The Balaban J connectivity index is 2.08. The summed E-state index contributed by atoms with van der Waals surface area (Å²) in [6.07, 6.45) is 0.418. The fraction of sp³-hybridized carbons (Fsp3) is 0.417. The average Bonchev–Trinajstić information content (AvgIpc) is 2.85. The van der Waals surface area contributed by atoms with Crippen LogP contribution in [0.3, 0.4) is 0 Å². The molecule has 1 aliphatic heterocycles. The van der Waals surface area contributed by atoms with E-state index in [0.717, 1.165) is 5.56 Å². The largest absolute Gasteiger partial charge is 0.468 e. The molecular weight excluding hydrogens is 285 g/mol. The highest BCUT2D eigenvalue weighted by atomic mass is 32.7. The molecule has 0 aromatic heterocycles. The first-order valence-electron chi connectivity index (χ1n) is 5.92. The molecule has 7 heteroatoms. The molecule has 0 spiro atoms. The van der Waals surface area contributed by atoms with Crippen LogP contribution < -0.4 is 5.09 Å². The van der Waals surface area contributed by atoms with Crippen LogP contribution in [0.2, 0.25) is 0 Å². The van der Waals surface area contributed by atoms with Crippen LogP contribution in [0.15, 0.2) is 30.3 Å². The van der Waals surface area contributed by atoms with Crippen molar-refractivity contribution in [2.24, 2.45) is 0 Å². The summed E-state index contributed by atoms with van der Waals surface area (Å²) in [5.41, 5.74) is 0.973. The molecular formula is C12H16NO4PS. The summed E-state index contributed by atoms with van der Waals surface area (Å²) in [6, 6.07) is 8.86. The van der Waals surface area contributed by atoms with Gasteiger partial charge >= 0.3 is 12.7 Å². The minimum Gasteiger partial charge on any atom is -0.468 e. The van der Waals surface area contributed by atoms with Crippen molar-refractivity contribution in [1.29, 1.82) is 0 Å². The van der Waals surface area contributed by atoms with Crippen LogP contribution in [-0.2, 0) is 25.0 Å². The quantitative estimate of drug-likeness (QED) is 0.664. The highest BCUT2D eigenvalue weighted by Gasteiger charge is 2.35. The van der Waals surface area contributed by atoms with Crippen molar-refractivity contribution in [1.82, 2.24) is 5.09 Å². The van der Waals surface area contributed by atoms with E-state index < -0.39 is 18.7 Å². The topological polar surface area (TPSA) is 64.6 Å². The molecule has 1 N–H and O–H groups in total. The molecule has 0 radical (unpaired) electrons. The molecule has 104 valence electrons. The fourth-order valence-electron chi connectivity index (χ4n) is 1.79. The molecule has 0 bridgehead atoms. The van der Waals surface area contributed by atoms with E-state index in [1.54, 1.807) is 0 Å². The summed E-state index contributed by atoms with van der Waals surface area (Å²) < 4.78 is 22.2. The second-order valence-corrected chi connectivity index (χ2v) is 8.45. The number of rotatable bonds is 5. The first-order chi connectivity index (χ1) is 9.13. The van der Waals surface area contributed by atoms with Gasteiger partial charge in [-0.3, -0.25) is 9.36 Å². The molecule has 1 aromatic rings. The molecule has 2 rings (SSSR count). The van der Waals surface area contributed by atoms with Crippen LogP contribution in [0.4, 0.5) is 0 Å². The number of hydrogen-bond acceptors (Lipinski definition) is 5. The highest BCUT2D eigenvalue weighted by molar-refractivity contribution is 8.56. The Morgan fingerprint density at radius 3 is 2.84 bits per heavy atom. The normalized spacial score (nSPS) is 24.1. The fourth-order valence-corrected chi connectivity index (χ4v) is 5.44. The van der Waals surface area contributed by atoms with Gasteiger partial charge in [-0.2, -0.15) is 0 Å². The summed E-state index contributed by atoms with van der Waals surface area (Å²) in [7, 11) is 1.32. The Morgan fingerprint density at radius 1 is 1.53 bits per heavy atom. The number of carbonyl (C=O) groups excluding carboxylic acids is 1. The van der Waals surface area contributed by atoms with Crippen molar-refractivity contribution in [3.63, 3.8) is 0 Å². The highest BCUT2D eigenvalue weighted by Crippen LogP contribution is 2.60. The zero-order chi connectivity index (χ0) is 13.7. The molecule has 1 aliphatic rings. The van der Waals surface area contributed by atoms with Crippen molar-refractivity contribution in [3.8, 4) is 0 Å². The first kappa shape index (κ1) is 14.6. The van der Waals surface area contributed by atoms with Crippen molar-refractivity contribution in [3.05, 3.63) is 35.9 Å². The first-order valence-corrected chi connectivity index (χ1v) is 9.13. The van der Waals surface area contributed by atoms with Gasteiger partial charge in [0.1, 0.15) is 6.04 Å². The van der Waals surface area contributed by atoms with Gasteiger partial charge in [-0.1, -0.05) is 41.7 Å². The zero-order valence-electron chi connectivity index (χ0n) is 10.6. The van der Waals surface area contributed by atoms with Gasteiger partial charge in [0, 0.05) is 5.75 Å². The van der Waals surface area contributed by atoms with Crippen molar-refractivity contribution in [2.45, 2.75) is 12.5 Å². The van der Waals surface area contributed by atoms with E-state index in [1.165, 1.54) is 18.5 Å². The van der Waals surface area contributed by atoms with Crippen LogP contribution in [-0.4, -0.2) is 31.5 Å². The minimum atomic E-state index is -2.96. The van der Waals surface area contributed by atoms with E-state index in [2.05, 4.69) is 5.09 Å². The van der Waals surface area contributed by atoms with Crippen LogP contribution in [0.5, 0.6) is 0 Å². The van der Waals surface area contributed by atoms with E-state index in [-0.39, 0.29) is 0 Å². The molecule has 19 heavy (non-hydrogen) atoms.